The van der Waals surface area contributed by atoms with Crippen molar-refractivity contribution in [1.82, 2.24) is 0 Å². The van der Waals surface area contributed by atoms with Crippen molar-refractivity contribution in [1.29, 1.82) is 0 Å². The minimum Gasteiger partial charge on any atom is -0.396 e. The van der Waals surface area contributed by atoms with E-state index in [1.807, 2.05) is 0 Å². The summed E-state index contributed by atoms with van der Waals surface area (Å²) in [6.07, 6.45) is -0.850. The second kappa shape index (κ2) is 4.31. The molecule has 4 nitrogen and oxygen atoms in total. The molecule has 0 rings (SSSR count). The van der Waals surface area contributed by atoms with Crippen LogP contribution in [0.1, 0.15) is 13.8 Å². The largest absolute Gasteiger partial charge is 0.396 e. The lowest BCUT2D eigenvalue weighted by molar-refractivity contribution is -0.126. The summed E-state index contributed by atoms with van der Waals surface area (Å²) in [5.41, 5.74) is 4.95. The van der Waals surface area contributed by atoms with E-state index < -0.39 is 17.9 Å². The minimum absolute atomic E-state index is 0.140. The third-order valence-electron chi connectivity index (χ3n) is 1.83. The van der Waals surface area contributed by atoms with Crippen LogP contribution in [0.5, 0.6) is 0 Å². The summed E-state index contributed by atoms with van der Waals surface area (Å²) in [7, 11) is 0. The van der Waals surface area contributed by atoms with Crippen LogP contribution in [0.25, 0.3) is 0 Å². The molecule has 4 heteroatoms. The van der Waals surface area contributed by atoms with E-state index in [1.165, 1.54) is 0 Å². The predicted octanol–water partition coefficient (Wildman–Crippen LogP) is -0.903. The highest BCUT2D eigenvalue weighted by molar-refractivity contribution is 5.76. The van der Waals surface area contributed by atoms with Gasteiger partial charge in [-0.3, -0.25) is 4.79 Å². The smallest absolute Gasteiger partial charge is 0.222 e. The fourth-order valence-electron chi connectivity index (χ4n) is 0.769. The molecule has 0 bridgehead atoms. The maximum absolute atomic E-state index is 10.5. The Morgan fingerprint density at radius 2 is 2.00 bits per heavy atom. The number of primary amides is 1. The molecule has 0 radical (unpaired) electrons. The topological polar surface area (TPSA) is 83.6 Å². The molecule has 0 aromatic carbocycles. The van der Waals surface area contributed by atoms with Crippen LogP contribution in [-0.4, -0.2) is 28.8 Å². The van der Waals surface area contributed by atoms with Crippen LogP contribution in [0.2, 0.25) is 0 Å². The highest BCUT2D eigenvalue weighted by Gasteiger charge is 2.24. The molecule has 0 aromatic rings. The summed E-state index contributed by atoms with van der Waals surface area (Å²) in [5.74, 6) is -1.45. The Morgan fingerprint density at radius 3 is 2.27 bits per heavy atom. The molecule has 66 valence electrons. The molecular formula is C7H15NO3. The van der Waals surface area contributed by atoms with Gasteiger partial charge >= 0.3 is 0 Å². The molecule has 4 N–H and O–H groups in total. The highest BCUT2D eigenvalue weighted by atomic mass is 16.3. The number of aliphatic hydroxyl groups excluding tert-OH is 2. The zero-order valence-electron chi connectivity index (χ0n) is 6.82. The van der Waals surface area contributed by atoms with Crippen LogP contribution in [0.3, 0.4) is 0 Å². The van der Waals surface area contributed by atoms with E-state index >= 15 is 0 Å². The Hall–Kier alpha value is -0.610. The molecule has 1 amide bonds. The summed E-state index contributed by atoms with van der Waals surface area (Å²) in [6, 6.07) is 0. The zero-order chi connectivity index (χ0) is 9.02. The van der Waals surface area contributed by atoms with E-state index in [0.717, 1.165) is 0 Å². The number of aliphatic hydroxyl groups is 2. The molecule has 0 saturated carbocycles. The summed E-state index contributed by atoms with van der Waals surface area (Å²) in [4.78, 5) is 10.5. The maximum Gasteiger partial charge on any atom is 0.222 e. The molecule has 0 aliphatic rings. The Bertz CT molecular complexity index is 138. The standard InChI is InChI=1S/C7H15NO3/c1-4(3-9)6(10)5(2)7(8)11/h4-6,9-10H,3H2,1-2H3,(H2,8,11)/t4?,5-,6+/m1/s1. The average Bonchev–Trinajstić information content (AvgIpc) is 2.00. The number of hydrogen-bond donors (Lipinski definition) is 3. The minimum atomic E-state index is -0.850. The summed E-state index contributed by atoms with van der Waals surface area (Å²) in [5, 5.41) is 17.9. The Labute approximate surface area is 66.0 Å². The molecule has 0 heterocycles. The molecule has 0 aromatic heterocycles. The average molecular weight is 161 g/mol. The number of rotatable bonds is 4. The normalized spacial score (nSPS) is 18.9. The van der Waals surface area contributed by atoms with Crippen LogP contribution >= 0.6 is 0 Å². The first-order valence-electron chi connectivity index (χ1n) is 3.59. The van der Waals surface area contributed by atoms with E-state index in [1.54, 1.807) is 13.8 Å². The number of hydrogen-bond acceptors (Lipinski definition) is 3. The Kier molecular flexibility index (Phi) is 4.07. The number of carbonyl (C=O) groups is 1. The third-order valence-corrected chi connectivity index (χ3v) is 1.83. The van der Waals surface area contributed by atoms with Crippen LogP contribution < -0.4 is 5.73 Å². The number of amides is 1. The molecular weight excluding hydrogens is 146 g/mol. The first-order valence-corrected chi connectivity index (χ1v) is 3.59. The van der Waals surface area contributed by atoms with Crippen LogP contribution in [0.4, 0.5) is 0 Å². The second-order valence-electron chi connectivity index (χ2n) is 2.84. The predicted molar refractivity (Wildman–Crippen MR) is 40.6 cm³/mol. The van der Waals surface area contributed by atoms with Crippen molar-refractivity contribution < 1.29 is 15.0 Å². The van der Waals surface area contributed by atoms with Crippen molar-refractivity contribution in [3.8, 4) is 0 Å². The molecule has 3 atom stereocenters. The SMILES string of the molecule is CC(CO)[C@H](O)[C@@H](C)C(N)=O. The van der Waals surface area contributed by atoms with Gasteiger partial charge in [0.2, 0.25) is 5.91 Å². The van der Waals surface area contributed by atoms with Crippen molar-refractivity contribution in [2.24, 2.45) is 17.6 Å². The molecule has 11 heavy (non-hydrogen) atoms. The summed E-state index contributed by atoms with van der Waals surface area (Å²) >= 11 is 0. The Morgan fingerprint density at radius 1 is 1.55 bits per heavy atom. The second-order valence-corrected chi connectivity index (χ2v) is 2.84. The number of carbonyl (C=O) groups excluding carboxylic acids is 1. The van der Waals surface area contributed by atoms with Crippen LogP contribution in [0, 0.1) is 11.8 Å². The fraction of sp³-hybridized carbons (Fsp3) is 0.857. The van der Waals surface area contributed by atoms with E-state index in [9.17, 15) is 9.90 Å². The molecule has 0 saturated heterocycles. The van der Waals surface area contributed by atoms with Crippen molar-refractivity contribution in [3.63, 3.8) is 0 Å². The maximum atomic E-state index is 10.5. The Balaban J connectivity index is 4.00. The van der Waals surface area contributed by atoms with Gasteiger partial charge in [-0.25, -0.2) is 0 Å². The molecule has 0 fully saturated rings. The lowest BCUT2D eigenvalue weighted by Crippen LogP contribution is -2.36. The van der Waals surface area contributed by atoms with Crippen LogP contribution in [-0.2, 0) is 4.79 Å². The van der Waals surface area contributed by atoms with Gasteiger partial charge in [0, 0.05) is 12.5 Å². The van der Waals surface area contributed by atoms with E-state index in [4.69, 9.17) is 10.8 Å². The molecule has 0 aliphatic heterocycles. The van der Waals surface area contributed by atoms with E-state index in [2.05, 4.69) is 0 Å². The summed E-state index contributed by atoms with van der Waals surface area (Å²) in [6.45, 7) is 3.06. The van der Waals surface area contributed by atoms with E-state index in [-0.39, 0.29) is 12.5 Å². The van der Waals surface area contributed by atoms with Gasteiger partial charge in [0.25, 0.3) is 0 Å². The van der Waals surface area contributed by atoms with Crippen molar-refractivity contribution in [3.05, 3.63) is 0 Å². The summed E-state index contributed by atoms with van der Waals surface area (Å²) < 4.78 is 0. The molecule has 0 aliphatic carbocycles. The van der Waals surface area contributed by atoms with Gasteiger partial charge in [0.1, 0.15) is 0 Å². The lowest BCUT2D eigenvalue weighted by atomic mass is 9.94. The van der Waals surface area contributed by atoms with Crippen molar-refractivity contribution in [2.45, 2.75) is 20.0 Å². The third kappa shape index (κ3) is 2.86. The van der Waals surface area contributed by atoms with Gasteiger partial charge < -0.3 is 15.9 Å². The van der Waals surface area contributed by atoms with E-state index in [0.29, 0.717) is 0 Å². The highest BCUT2D eigenvalue weighted by Crippen LogP contribution is 2.11. The monoisotopic (exact) mass is 161 g/mol. The van der Waals surface area contributed by atoms with Crippen molar-refractivity contribution in [2.75, 3.05) is 6.61 Å². The van der Waals surface area contributed by atoms with Gasteiger partial charge in [0.05, 0.1) is 12.0 Å². The van der Waals surface area contributed by atoms with Gasteiger partial charge in [-0.15, -0.1) is 0 Å². The first kappa shape index (κ1) is 10.4. The zero-order valence-corrected chi connectivity index (χ0v) is 6.82. The van der Waals surface area contributed by atoms with Gasteiger partial charge in [-0.1, -0.05) is 13.8 Å². The van der Waals surface area contributed by atoms with Crippen LogP contribution in [0.15, 0.2) is 0 Å². The molecule has 0 spiro atoms. The van der Waals surface area contributed by atoms with Gasteiger partial charge in [0.15, 0.2) is 0 Å². The quantitative estimate of drug-likeness (QED) is 0.499. The fourth-order valence-corrected chi connectivity index (χ4v) is 0.769. The lowest BCUT2D eigenvalue weighted by Gasteiger charge is -2.20. The number of nitrogens with two attached hydrogens (primary N) is 1. The van der Waals surface area contributed by atoms with Gasteiger partial charge in [-0.2, -0.15) is 0 Å². The first-order chi connectivity index (χ1) is 5.00. The van der Waals surface area contributed by atoms with Crippen molar-refractivity contribution >= 4 is 5.91 Å². The van der Waals surface area contributed by atoms with Gasteiger partial charge in [-0.05, 0) is 0 Å². The molecule has 1 unspecified atom stereocenters.